The molecule has 0 unspecified atom stereocenters. The third kappa shape index (κ3) is 3.86. The van der Waals surface area contributed by atoms with Crippen molar-refractivity contribution in [2.24, 2.45) is 5.14 Å². The Kier molecular flexibility index (Phi) is 4.97. The molecule has 138 valence electrons. The predicted octanol–water partition coefficient (Wildman–Crippen LogP) is 2.29. The van der Waals surface area contributed by atoms with E-state index in [2.05, 4.69) is 0 Å². The van der Waals surface area contributed by atoms with Crippen molar-refractivity contribution in [2.75, 3.05) is 7.11 Å². The lowest BCUT2D eigenvalue weighted by Gasteiger charge is -2.24. The summed E-state index contributed by atoms with van der Waals surface area (Å²) in [5.41, 5.74) is 0.483. The molecule has 1 amide bonds. The van der Waals surface area contributed by atoms with Gasteiger partial charge in [-0.3, -0.25) is 4.79 Å². The first-order chi connectivity index (χ1) is 12.3. The van der Waals surface area contributed by atoms with E-state index in [1.54, 1.807) is 11.0 Å². The summed E-state index contributed by atoms with van der Waals surface area (Å²) < 4.78 is 42.6. The first-order valence-corrected chi connectivity index (χ1v) is 9.61. The van der Waals surface area contributed by atoms with E-state index in [0.29, 0.717) is 5.75 Å². The average Bonchev–Trinajstić information content (AvgIpc) is 3.43. The Balaban J connectivity index is 1.95. The molecular weight excluding hydrogens is 359 g/mol. The number of benzene rings is 2. The van der Waals surface area contributed by atoms with Gasteiger partial charge >= 0.3 is 0 Å². The minimum atomic E-state index is -4.03. The quantitative estimate of drug-likeness (QED) is 0.835. The molecule has 1 aliphatic carbocycles. The number of nitrogens with two attached hydrogens (primary N) is 1. The maximum atomic E-state index is 14.2. The van der Waals surface area contributed by atoms with Crippen LogP contribution in [0.5, 0.6) is 5.75 Å². The van der Waals surface area contributed by atoms with E-state index in [-0.39, 0.29) is 23.0 Å². The van der Waals surface area contributed by atoms with Gasteiger partial charge in [0.15, 0.2) is 0 Å². The van der Waals surface area contributed by atoms with Crippen LogP contribution in [0.4, 0.5) is 4.39 Å². The van der Waals surface area contributed by atoms with Crippen molar-refractivity contribution >= 4 is 15.9 Å². The molecule has 2 aromatic rings. The van der Waals surface area contributed by atoms with E-state index in [1.807, 2.05) is 18.2 Å². The van der Waals surface area contributed by atoms with Gasteiger partial charge in [0.2, 0.25) is 10.0 Å². The molecule has 8 heteroatoms. The van der Waals surface area contributed by atoms with Gasteiger partial charge in [-0.25, -0.2) is 17.9 Å². The van der Waals surface area contributed by atoms with E-state index in [9.17, 15) is 17.6 Å². The Morgan fingerprint density at radius 2 is 1.96 bits per heavy atom. The van der Waals surface area contributed by atoms with Gasteiger partial charge < -0.3 is 9.64 Å². The smallest absolute Gasteiger partial charge is 0.257 e. The van der Waals surface area contributed by atoms with Crippen LogP contribution in [0.15, 0.2) is 47.4 Å². The number of amides is 1. The van der Waals surface area contributed by atoms with E-state index in [1.165, 1.54) is 7.11 Å². The van der Waals surface area contributed by atoms with E-state index >= 15 is 0 Å². The summed E-state index contributed by atoms with van der Waals surface area (Å²) in [5, 5.41) is 5.09. The number of methoxy groups -OCH3 is 1. The van der Waals surface area contributed by atoms with E-state index in [4.69, 9.17) is 9.88 Å². The lowest BCUT2D eigenvalue weighted by Crippen LogP contribution is -2.33. The number of halogens is 1. The zero-order chi connectivity index (χ0) is 18.9. The molecule has 1 aliphatic rings. The van der Waals surface area contributed by atoms with Gasteiger partial charge in [-0.15, -0.1) is 0 Å². The molecule has 2 aromatic carbocycles. The van der Waals surface area contributed by atoms with Gasteiger partial charge in [-0.1, -0.05) is 18.2 Å². The maximum absolute atomic E-state index is 14.2. The molecule has 0 radical (unpaired) electrons. The van der Waals surface area contributed by atoms with Crippen LogP contribution in [0.1, 0.15) is 28.8 Å². The molecule has 0 aromatic heterocycles. The fraction of sp³-hybridized carbons (Fsp3) is 0.278. The second-order valence-electron chi connectivity index (χ2n) is 6.16. The Morgan fingerprint density at radius 3 is 2.58 bits per heavy atom. The topological polar surface area (TPSA) is 89.7 Å². The third-order valence-corrected chi connectivity index (χ3v) is 5.19. The van der Waals surface area contributed by atoms with Gasteiger partial charge in [-0.05, 0) is 37.1 Å². The molecular formula is C18H19FN2O4S. The molecule has 0 heterocycles. The summed E-state index contributed by atoms with van der Waals surface area (Å²) in [6.45, 7) is 0.243. The number of rotatable bonds is 6. The van der Waals surface area contributed by atoms with Crippen LogP contribution in [0, 0.1) is 5.82 Å². The molecule has 1 saturated carbocycles. The molecule has 6 nitrogen and oxygen atoms in total. The van der Waals surface area contributed by atoms with Crippen molar-refractivity contribution in [2.45, 2.75) is 30.3 Å². The van der Waals surface area contributed by atoms with Crippen LogP contribution in [0.3, 0.4) is 0 Å². The fourth-order valence-electron chi connectivity index (χ4n) is 2.77. The number of hydrogen-bond donors (Lipinski definition) is 1. The summed E-state index contributed by atoms with van der Waals surface area (Å²) in [5.74, 6) is -0.723. The number of ether oxygens (including phenoxy) is 1. The largest absolute Gasteiger partial charge is 0.496 e. The van der Waals surface area contributed by atoms with Gasteiger partial charge in [-0.2, -0.15) is 0 Å². The SMILES string of the molecule is COc1ccccc1CN(C(=O)c1cc(S(N)(=O)=O)ccc1F)C1CC1. The number of nitrogens with zero attached hydrogens (tertiary/aromatic N) is 1. The van der Waals surface area contributed by atoms with Crippen molar-refractivity contribution in [3.63, 3.8) is 0 Å². The summed E-state index contributed by atoms with van der Waals surface area (Å²) in [6.07, 6.45) is 1.63. The van der Waals surface area contributed by atoms with Gasteiger partial charge in [0, 0.05) is 18.2 Å². The van der Waals surface area contributed by atoms with Gasteiger partial charge in [0.25, 0.3) is 5.91 Å². The maximum Gasteiger partial charge on any atom is 0.257 e. The number of carbonyl (C=O) groups excluding carboxylic acids is 1. The van der Waals surface area contributed by atoms with Gasteiger partial charge in [0.05, 0.1) is 17.6 Å². The van der Waals surface area contributed by atoms with E-state index in [0.717, 1.165) is 36.6 Å². The Hall–Kier alpha value is -2.45. The first-order valence-electron chi connectivity index (χ1n) is 8.06. The summed E-state index contributed by atoms with van der Waals surface area (Å²) >= 11 is 0. The highest BCUT2D eigenvalue weighted by Gasteiger charge is 2.34. The molecule has 0 atom stereocenters. The molecule has 1 fully saturated rings. The Bertz CT molecular complexity index is 942. The highest BCUT2D eigenvalue weighted by molar-refractivity contribution is 7.89. The minimum Gasteiger partial charge on any atom is -0.496 e. The number of carbonyl (C=O) groups is 1. The number of hydrogen-bond acceptors (Lipinski definition) is 4. The van der Waals surface area contributed by atoms with Crippen molar-refractivity contribution < 1.29 is 22.3 Å². The summed E-state index contributed by atoms with van der Waals surface area (Å²) in [4.78, 5) is 14.2. The van der Waals surface area contributed by atoms with Gasteiger partial charge in [0.1, 0.15) is 11.6 Å². The normalized spacial score (nSPS) is 14.1. The second-order valence-corrected chi connectivity index (χ2v) is 7.72. The van der Waals surface area contributed by atoms with Crippen LogP contribution >= 0.6 is 0 Å². The van der Waals surface area contributed by atoms with Crippen molar-refractivity contribution in [1.82, 2.24) is 4.90 Å². The number of primary sulfonamides is 1. The zero-order valence-corrected chi connectivity index (χ0v) is 15.0. The molecule has 0 aliphatic heterocycles. The van der Waals surface area contributed by atoms with Crippen molar-refractivity contribution in [3.05, 3.63) is 59.4 Å². The first kappa shape index (κ1) is 18.3. The van der Waals surface area contributed by atoms with Crippen LogP contribution in [-0.4, -0.2) is 32.4 Å². The minimum absolute atomic E-state index is 0.00930. The fourth-order valence-corrected chi connectivity index (χ4v) is 3.31. The van der Waals surface area contributed by atoms with Crippen LogP contribution in [-0.2, 0) is 16.6 Å². The lowest BCUT2D eigenvalue weighted by atomic mass is 10.1. The highest BCUT2D eigenvalue weighted by Crippen LogP contribution is 2.32. The number of para-hydroxylation sites is 1. The highest BCUT2D eigenvalue weighted by atomic mass is 32.2. The summed E-state index contributed by atoms with van der Waals surface area (Å²) in [6, 6.07) is 10.2. The lowest BCUT2D eigenvalue weighted by molar-refractivity contribution is 0.0723. The molecule has 3 rings (SSSR count). The predicted molar refractivity (Wildman–Crippen MR) is 93.7 cm³/mol. The second kappa shape index (κ2) is 7.05. The Morgan fingerprint density at radius 1 is 1.27 bits per heavy atom. The standard InChI is InChI=1S/C18H19FN2O4S/c1-25-17-5-3-2-4-12(17)11-21(13-6-7-13)18(22)15-10-14(26(20,23)24)8-9-16(15)19/h2-5,8-10,13H,6-7,11H2,1H3,(H2,20,23,24). The average molecular weight is 378 g/mol. The van der Waals surface area contributed by atoms with Crippen molar-refractivity contribution in [3.8, 4) is 5.75 Å². The van der Waals surface area contributed by atoms with Crippen LogP contribution < -0.4 is 9.88 Å². The van der Waals surface area contributed by atoms with Crippen LogP contribution in [0.2, 0.25) is 0 Å². The monoisotopic (exact) mass is 378 g/mol. The number of sulfonamides is 1. The third-order valence-electron chi connectivity index (χ3n) is 4.28. The summed E-state index contributed by atoms with van der Waals surface area (Å²) in [7, 11) is -2.49. The Labute approximate surface area is 151 Å². The molecule has 2 N–H and O–H groups in total. The molecule has 0 saturated heterocycles. The van der Waals surface area contributed by atoms with Crippen LogP contribution in [0.25, 0.3) is 0 Å². The molecule has 26 heavy (non-hydrogen) atoms. The molecule has 0 spiro atoms. The zero-order valence-electron chi connectivity index (χ0n) is 14.2. The molecule has 0 bridgehead atoms. The van der Waals surface area contributed by atoms with Crippen molar-refractivity contribution in [1.29, 1.82) is 0 Å². The van der Waals surface area contributed by atoms with E-state index < -0.39 is 21.7 Å².